The van der Waals surface area contributed by atoms with Crippen LogP contribution in [0, 0.1) is 29.5 Å². The number of hydrogen-bond acceptors (Lipinski definition) is 5. The highest BCUT2D eigenvalue weighted by Gasteiger charge is 2.62. The molecule has 2 aliphatic carbocycles. The van der Waals surface area contributed by atoms with Crippen LogP contribution in [0.25, 0.3) is 0 Å². The molecule has 148 valence electrons. The summed E-state index contributed by atoms with van der Waals surface area (Å²) in [6.07, 6.45) is 2.84. The van der Waals surface area contributed by atoms with Gasteiger partial charge in [0.15, 0.2) is 6.61 Å². The molecule has 1 heterocycles. The van der Waals surface area contributed by atoms with Crippen LogP contribution in [0.5, 0.6) is 0 Å². The van der Waals surface area contributed by atoms with E-state index < -0.39 is 30.3 Å². The molecule has 7 nitrogen and oxygen atoms in total. The molecule has 1 saturated heterocycles. The predicted molar refractivity (Wildman–Crippen MR) is 95.1 cm³/mol. The normalized spacial score (nSPS) is 29.0. The van der Waals surface area contributed by atoms with Gasteiger partial charge in [-0.3, -0.25) is 19.3 Å². The minimum Gasteiger partial charge on any atom is -0.454 e. The van der Waals surface area contributed by atoms with Gasteiger partial charge < -0.3 is 10.1 Å². The van der Waals surface area contributed by atoms with E-state index in [0.29, 0.717) is 5.69 Å². The summed E-state index contributed by atoms with van der Waals surface area (Å²) in [5, 5.41) is 2.47. The van der Waals surface area contributed by atoms with Crippen LogP contribution < -0.4 is 5.32 Å². The Morgan fingerprint density at radius 1 is 1.14 bits per heavy atom. The summed E-state index contributed by atoms with van der Waals surface area (Å²) in [5.41, 5.74) is 0.365. The van der Waals surface area contributed by atoms with E-state index in [1.54, 1.807) is 0 Å². The number of carbonyl (C=O) groups excluding carboxylic acids is 4. The number of nitrogens with zero attached hydrogens (tertiary/aromatic N) is 1. The van der Waals surface area contributed by atoms with Gasteiger partial charge >= 0.3 is 5.97 Å². The number of benzene rings is 1. The Labute approximate surface area is 161 Å². The van der Waals surface area contributed by atoms with E-state index in [4.69, 9.17) is 4.74 Å². The van der Waals surface area contributed by atoms with Crippen LogP contribution in [0.3, 0.4) is 0 Å². The quantitative estimate of drug-likeness (QED) is 0.613. The minimum atomic E-state index is -1.07. The number of fused-ring (bicyclic) bond motifs is 5. The standard InChI is InChI=1S/C20H21FN2O5/c1-10(20(27)28-9-15(24)22-14-6-4-13(21)5-7-14)23-18(25)16-11-2-3-12(8-11)17(16)19(23)26/h4-7,10-12,16-17H,2-3,8-9H2,1H3,(H,22,24)/t10-,11-,12-,16-,17+/m0/s1. The maximum absolute atomic E-state index is 12.9. The number of anilines is 1. The van der Waals surface area contributed by atoms with E-state index in [1.165, 1.54) is 31.2 Å². The fraction of sp³-hybridized carbons (Fsp3) is 0.500. The fourth-order valence-corrected chi connectivity index (χ4v) is 4.91. The van der Waals surface area contributed by atoms with Crippen molar-refractivity contribution in [2.24, 2.45) is 23.7 Å². The van der Waals surface area contributed by atoms with Crippen molar-refractivity contribution in [2.45, 2.75) is 32.2 Å². The smallest absolute Gasteiger partial charge is 0.329 e. The third-order valence-corrected chi connectivity index (χ3v) is 6.16. The van der Waals surface area contributed by atoms with Gasteiger partial charge in [-0.15, -0.1) is 0 Å². The van der Waals surface area contributed by atoms with Gasteiger partial charge in [0.2, 0.25) is 11.8 Å². The Morgan fingerprint density at radius 2 is 1.71 bits per heavy atom. The molecular weight excluding hydrogens is 367 g/mol. The number of rotatable bonds is 5. The van der Waals surface area contributed by atoms with Crippen molar-refractivity contribution in [2.75, 3.05) is 11.9 Å². The Kier molecular flexibility index (Phi) is 4.64. The molecule has 0 aromatic heterocycles. The van der Waals surface area contributed by atoms with Crippen LogP contribution >= 0.6 is 0 Å². The second-order valence-electron chi connectivity index (χ2n) is 7.77. The number of amides is 3. The molecule has 4 rings (SSSR count). The fourth-order valence-electron chi connectivity index (χ4n) is 4.91. The summed E-state index contributed by atoms with van der Waals surface area (Å²) in [5.74, 6) is -2.54. The number of carbonyl (C=O) groups is 4. The first-order chi connectivity index (χ1) is 13.4. The lowest BCUT2D eigenvalue weighted by molar-refractivity contribution is -0.159. The van der Waals surface area contributed by atoms with Gasteiger partial charge in [0, 0.05) is 5.69 Å². The third kappa shape index (κ3) is 3.06. The van der Waals surface area contributed by atoms with E-state index in [1.807, 2.05) is 0 Å². The maximum atomic E-state index is 12.9. The van der Waals surface area contributed by atoms with Gasteiger partial charge in [-0.25, -0.2) is 9.18 Å². The Balaban J connectivity index is 1.33. The number of ether oxygens (including phenoxy) is 1. The van der Waals surface area contributed by atoms with Crippen molar-refractivity contribution in [1.29, 1.82) is 0 Å². The van der Waals surface area contributed by atoms with Crippen molar-refractivity contribution in [3.63, 3.8) is 0 Å². The van der Waals surface area contributed by atoms with Crippen LogP contribution in [0.2, 0.25) is 0 Å². The lowest BCUT2D eigenvalue weighted by atomic mass is 9.81. The zero-order chi connectivity index (χ0) is 20.0. The largest absolute Gasteiger partial charge is 0.454 e. The van der Waals surface area contributed by atoms with Crippen molar-refractivity contribution >= 4 is 29.4 Å². The van der Waals surface area contributed by atoms with Gasteiger partial charge in [0.1, 0.15) is 11.9 Å². The molecule has 5 atom stereocenters. The minimum absolute atomic E-state index is 0.237. The molecule has 1 aliphatic heterocycles. The van der Waals surface area contributed by atoms with Crippen LogP contribution in [-0.4, -0.2) is 41.2 Å². The molecule has 1 aromatic carbocycles. The summed E-state index contributed by atoms with van der Waals surface area (Å²) in [4.78, 5) is 50.7. The molecule has 2 saturated carbocycles. The molecule has 3 amide bonds. The average molecular weight is 388 g/mol. The highest BCUT2D eigenvalue weighted by atomic mass is 19.1. The number of esters is 1. The number of halogens is 1. The van der Waals surface area contributed by atoms with Crippen molar-refractivity contribution in [3.8, 4) is 0 Å². The average Bonchev–Trinajstić information content (AvgIpc) is 3.35. The first-order valence-corrected chi connectivity index (χ1v) is 9.45. The molecule has 2 bridgehead atoms. The lowest BCUT2D eigenvalue weighted by Crippen LogP contribution is -2.45. The summed E-state index contributed by atoms with van der Waals surface area (Å²) < 4.78 is 17.9. The van der Waals surface area contributed by atoms with Gasteiger partial charge in [-0.1, -0.05) is 0 Å². The van der Waals surface area contributed by atoms with Gasteiger partial charge in [0.25, 0.3) is 5.91 Å². The number of imide groups is 1. The van der Waals surface area contributed by atoms with Crippen molar-refractivity contribution < 1.29 is 28.3 Å². The number of likely N-dealkylation sites (tertiary alicyclic amines) is 1. The summed E-state index contributed by atoms with van der Waals surface area (Å²) in [6, 6.07) is 4.08. The zero-order valence-electron chi connectivity index (χ0n) is 15.4. The molecule has 3 aliphatic rings. The Bertz CT molecular complexity index is 812. The van der Waals surface area contributed by atoms with E-state index >= 15 is 0 Å². The molecule has 0 spiro atoms. The molecular formula is C20H21FN2O5. The highest BCUT2D eigenvalue weighted by Crippen LogP contribution is 2.56. The highest BCUT2D eigenvalue weighted by molar-refractivity contribution is 6.08. The number of nitrogens with one attached hydrogen (secondary N) is 1. The van der Waals surface area contributed by atoms with E-state index in [0.717, 1.165) is 24.2 Å². The summed E-state index contributed by atoms with van der Waals surface area (Å²) >= 11 is 0. The third-order valence-electron chi connectivity index (χ3n) is 6.16. The second kappa shape index (κ2) is 7.00. The SMILES string of the molecule is C[C@@H](C(=O)OCC(=O)Nc1ccc(F)cc1)N1C(=O)[C@@H]2[C@H]3CC[C@@H](C3)[C@@H]2C1=O. The van der Waals surface area contributed by atoms with Crippen LogP contribution in [0.15, 0.2) is 24.3 Å². The Morgan fingerprint density at radius 3 is 2.29 bits per heavy atom. The van der Waals surface area contributed by atoms with Crippen LogP contribution in [-0.2, 0) is 23.9 Å². The predicted octanol–water partition coefficient (Wildman–Crippen LogP) is 1.73. The number of hydrogen-bond donors (Lipinski definition) is 1. The van der Waals surface area contributed by atoms with Crippen molar-refractivity contribution in [1.82, 2.24) is 4.90 Å². The van der Waals surface area contributed by atoms with E-state index in [-0.39, 0.29) is 35.5 Å². The molecule has 1 N–H and O–H groups in total. The lowest BCUT2D eigenvalue weighted by Gasteiger charge is -2.23. The van der Waals surface area contributed by atoms with Crippen LogP contribution in [0.1, 0.15) is 26.2 Å². The van der Waals surface area contributed by atoms with E-state index in [9.17, 15) is 23.6 Å². The summed E-state index contributed by atoms with van der Waals surface area (Å²) in [7, 11) is 0. The molecule has 28 heavy (non-hydrogen) atoms. The monoisotopic (exact) mass is 388 g/mol. The molecule has 0 unspecified atom stereocenters. The van der Waals surface area contributed by atoms with E-state index in [2.05, 4.69) is 5.32 Å². The first-order valence-electron chi connectivity index (χ1n) is 9.45. The van der Waals surface area contributed by atoms with Crippen LogP contribution in [0.4, 0.5) is 10.1 Å². The molecule has 1 aromatic rings. The van der Waals surface area contributed by atoms with Gasteiger partial charge in [-0.2, -0.15) is 0 Å². The topological polar surface area (TPSA) is 92.8 Å². The first kappa shape index (κ1) is 18.6. The summed E-state index contributed by atoms with van der Waals surface area (Å²) in [6.45, 7) is 0.883. The van der Waals surface area contributed by atoms with Gasteiger partial charge in [0.05, 0.1) is 11.8 Å². The molecule has 3 fully saturated rings. The maximum Gasteiger partial charge on any atom is 0.329 e. The zero-order valence-corrected chi connectivity index (χ0v) is 15.4. The Hall–Kier alpha value is -2.77. The second-order valence-corrected chi connectivity index (χ2v) is 7.77. The molecule has 8 heteroatoms. The van der Waals surface area contributed by atoms with Crippen molar-refractivity contribution in [3.05, 3.63) is 30.1 Å². The molecule has 0 radical (unpaired) electrons. The van der Waals surface area contributed by atoms with Gasteiger partial charge in [-0.05, 0) is 62.3 Å².